The van der Waals surface area contributed by atoms with Gasteiger partial charge in [-0.15, -0.1) is 0 Å². The van der Waals surface area contributed by atoms with Gasteiger partial charge in [0.2, 0.25) is 0 Å². The molecule has 0 aliphatic carbocycles. The first-order valence-electron chi connectivity index (χ1n) is 17.0. The molecular weight excluding hydrogens is 472 g/mol. The smallest absolute Gasteiger partial charge is 0.0282 e. The predicted molar refractivity (Wildman–Crippen MR) is 174 cm³/mol. The van der Waals surface area contributed by atoms with Crippen LogP contribution in [0.4, 0.5) is 0 Å². The molecular formula is C37H66N2. The number of hydrogen-bond donors (Lipinski definition) is 1. The number of likely N-dealkylation sites (tertiary alicyclic amines) is 1. The summed E-state index contributed by atoms with van der Waals surface area (Å²) in [5, 5.41) is 3.88. The van der Waals surface area contributed by atoms with Gasteiger partial charge < -0.3 is 10.2 Å². The number of nitrogens with zero attached hydrogens (tertiary/aromatic N) is 1. The summed E-state index contributed by atoms with van der Waals surface area (Å²) in [7, 11) is 0. The van der Waals surface area contributed by atoms with Gasteiger partial charge in [0, 0.05) is 30.7 Å². The van der Waals surface area contributed by atoms with Gasteiger partial charge in [0.05, 0.1) is 0 Å². The number of rotatable bonds is 19. The highest BCUT2D eigenvalue weighted by atomic mass is 15.1. The maximum Gasteiger partial charge on any atom is 0.0282 e. The van der Waals surface area contributed by atoms with Crippen LogP contribution in [0.2, 0.25) is 0 Å². The van der Waals surface area contributed by atoms with Crippen molar-refractivity contribution < 1.29 is 0 Å². The number of hydrogen-bond acceptors (Lipinski definition) is 2. The van der Waals surface area contributed by atoms with E-state index in [4.69, 9.17) is 0 Å². The van der Waals surface area contributed by atoms with Crippen molar-refractivity contribution in [1.29, 1.82) is 0 Å². The standard InChI is InChI=1S/C37H66N2/c1-10-13-14-15-16-35-27-32(18-20-33(35)11-2)26-34(28(4)5)19-17-30(8)25-37(29(6)7)31(9)38-36-21-23-39(12-3)24-22-36/h18,20,27-30,34,36-38H,9-17,19,21-26H2,1-8H3/t30-,34?,37?/m1/s1. The van der Waals surface area contributed by atoms with E-state index < -0.39 is 0 Å². The van der Waals surface area contributed by atoms with Gasteiger partial charge in [-0.2, -0.15) is 0 Å². The fourth-order valence-corrected chi connectivity index (χ4v) is 6.73. The summed E-state index contributed by atoms with van der Waals surface area (Å²) in [5.74, 6) is 3.42. The minimum Gasteiger partial charge on any atom is -0.386 e. The minimum atomic E-state index is 0.568. The summed E-state index contributed by atoms with van der Waals surface area (Å²) in [6, 6.07) is 8.04. The lowest BCUT2D eigenvalue weighted by Crippen LogP contribution is -2.43. The van der Waals surface area contributed by atoms with Crippen LogP contribution in [0, 0.1) is 29.6 Å². The number of benzene rings is 1. The number of piperidine rings is 1. The zero-order chi connectivity index (χ0) is 28.8. The predicted octanol–water partition coefficient (Wildman–Crippen LogP) is 9.85. The van der Waals surface area contributed by atoms with E-state index in [1.165, 1.54) is 96.0 Å². The normalized spacial score (nSPS) is 17.5. The van der Waals surface area contributed by atoms with Crippen LogP contribution in [0.5, 0.6) is 0 Å². The van der Waals surface area contributed by atoms with Gasteiger partial charge in [0.1, 0.15) is 0 Å². The third-order valence-corrected chi connectivity index (χ3v) is 9.76. The van der Waals surface area contributed by atoms with E-state index in [0.717, 1.165) is 24.2 Å². The van der Waals surface area contributed by atoms with Crippen LogP contribution in [0.1, 0.15) is 130 Å². The Hall–Kier alpha value is -1.28. The van der Waals surface area contributed by atoms with Gasteiger partial charge in [-0.05, 0) is 98.3 Å². The summed E-state index contributed by atoms with van der Waals surface area (Å²) in [6.45, 7) is 27.2. The number of unbranched alkanes of at least 4 members (excludes halogenated alkanes) is 3. The molecule has 224 valence electrons. The molecule has 1 aromatic carbocycles. The van der Waals surface area contributed by atoms with Gasteiger partial charge in [0.15, 0.2) is 0 Å². The first kappa shape index (κ1) is 33.9. The van der Waals surface area contributed by atoms with Gasteiger partial charge in [-0.25, -0.2) is 0 Å². The van der Waals surface area contributed by atoms with Crippen LogP contribution in [-0.2, 0) is 19.3 Å². The Bertz CT molecular complexity index is 802. The van der Waals surface area contributed by atoms with Crippen LogP contribution < -0.4 is 5.32 Å². The largest absolute Gasteiger partial charge is 0.386 e. The van der Waals surface area contributed by atoms with Crippen LogP contribution in [0.3, 0.4) is 0 Å². The maximum absolute atomic E-state index is 4.57. The van der Waals surface area contributed by atoms with Crippen molar-refractivity contribution in [3.8, 4) is 0 Å². The molecule has 3 atom stereocenters. The molecule has 2 heteroatoms. The van der Waals surface area contributed by atoms with E-state index in [-0.39, 0.29) is 0 Å². The van der Waals surface area contributed by atoms with Gasteiger partial charge in [0.25, 0.3) is 0 Å². The maximum atomic E-state index is 4.57. The van der Waals surface area contributed by atoms with Gasteiger partial charge in [-0.1, -0.05) is 106 Å². The second kappa shape index (κ2) is 18.2. The molecule has 2 unspecified atom stereocenters. The fourth-order valence-electron chi connectivity index (χ4n) is 6.73. The van der Waals surface area contributed by atoms with E-state index in [0.29, 0.717) is 17.9 Å². The Balaban J connectivity index is 1.92. The topological polar surface area (TPSA) is 15.3 Å². The van der Waals surface area contributed by atoms with Gasteiger partial charge in [-0.3, -0.25) is 0 Å². The van der Waals surface area contributed by atoms with Crippen molar-refractivity contribution in [2.45, 2.75) is 138 Å². The lowest BCUT2D eigenvalue weighted by Gasteiger charge is -2.35. The molecule has 1 aromatic rings. The molecule has 0 saturated carbocycles. The second-order valence-electron chi connectivity index (χ2n) is 13.6. The highest BCUT2D eigenvalue weighted by Gasteiger charge is 2.25. The highest BCUT2D eigenvalue weighted by molar-refractivity contribution is 5.32. The minimum absolute atomic E-state index is 0.568. The zero-order valence-corrected chi connectivity index (χ0v) is 27.5. The average Bonchev–Trinajstić information content (AvgIpc) is 2.92. The molecule has 0 amide bonds. The number of aryl methyl sites for hydroxylation is 2. The fraction of sp³-hybridized carbons (Fsp3) is 0.784. The summed E-state index contributed by atoms with van der Waals surface area (Å²) >= 11 is 0. The summed E-state index contributed by atoms with van der Waals surface area (Å²) in [6.07, 6.45) is 15.5. The monoisotopic (exact) mass is 539 g/mol. The third kappa shape index (κ3) is 12.0. The molecule has 0 radical (unpaired) electrons. The van der Waals surface area contributed by atoms with Crippen molar-refractivity contribution in [3.63, 3.8) is 0 Å². The molecule has 2 nitrogen and oxygen atoms in total. The molecule has 1 N–H and O–H groups in total. The number of nitrogens with one attached hydrogen (secondary N) is 1. The Morgan fingerprint density at radius 1 is 0.923 bits per heavy atom. The van der Waals surface area contributed by atoms with Crippen LogP contribution in [0.25, 0.3) is 0 Å². The van der Waals surface area contributed by atoms with Gasteiger partial charge >= 0.3 is 0 Å². The average molecular weight is 539 g/mol. The zero-order valence-electron chi connectivity index (χ0n) is 27.5. The van der Waals surface area contributed by atoms with E-state index in [2.05, 4.69) is 90.4 Å². The molecule has 0 spiro atoms. The Kier molecular flexibility index (Phi) is 15.8. The van der Waals surface area contributed by atoms with Crippen LogP contribution >= 0.6 is 0 Å². The van der Waals surface area contributed by atoms with E-state index in [9.17, 15) is 0 Å². The SMILES string of the molecule is C=C(NC1CCN(CC)CC1)C(C[C@H](C)CCC(Cc1ccc(CC)c(CCCCCC)c1)C(C)C)C(C)C. The molecule has 0 bridgehead atoms. The molecule has 2 rings (SSSR count). The van der Waals surface area contributed by atoms with E-state index in [1.807, 2.05) is 0 Å². The first-order valence-corrected chi connectivity index (χ1v) is 17.0. The number of allylic oxidation sites excluding steroid dienone is 1. The van der Waals surface area contributed by atoms with Crippen molar-refractivity contribution >= 4 is 0 Å². The quantitative estimate of drug-likeness (QED) is 0.176. The second-order valence-corrected chi connectivity index (χ2v) is 13.6. The van der Waals surface area contributed by atoms with Crippen molar-refractivity contribution in [2.24, 2.45) is 29.6 Å². The van der Waals surface area contributed by atoms with E-state index in [1.54, 1.807) is 16.7 Å². The van der Waals surface area contributed by atoms with Crippen molar-refractivity contribution in [1.82, 2.24) is 10.2 Å². The molecule has 0 aromatic heterocycles. The van der Waals surface area contributed by atoms with Crippen molar-refractivity contribution in [2.75, 3.05) is 19.6 Å². The Morgan fingerprint density at radius 2 is 1.64 bits per heavy atom. The highest BCUT2D eigenvalue weighted by Crippen LogP contribution is 2.32. The summed E-state index contributed by atoms with van der Waals surface area (Å²) < 4.78 is 0. The molecule has 1 fully saturated rings. The first-order chi connectivity index (χ1) is 18.7. The summed E-state index contributed by atoms with van der Waals surface area (Å²) in [4.78, 5) is 2.57. The Labute approximate surface area is 244 Å². The Morgan fingerprint density at radius 3 is 2.23 bits per heavy atom. The molecule has 1 aliphatic rings. The van der Waals surface area contributed by atoms with E-state index >= 15 is 0 Å². The molecule has 39 heavy (non-hydrogen) atoms. The molecule has 1 heterocycles. The lowest BCUT2D eigenvalue weighted by atomic mass is 9.79. The van der Waals surface area contributed by atoms with Crippen LogP contribution in [0.15, 0.2) is 30.5 Å². The third-order valence-electron chi connectivity index (χ3n) is 9.76. The summed E-state index contributed by atoms with van der Waals surface area (Å²) in [5.41, 5.74) is 6.05. The molecule has 1 aliphatic heterocycles. The van der Waals surface area contributed by atoms with Crippen LogP contribution in [-0.4, -0.2) is 30.6 Å². The lowest BCUT2D eigenvalue weighted by molar-refractivity contribution is 0.205. The van der Waals surface area contributed by atoms with Crippen molar-refractivity contribution in [3.05, 3.63) is 47.2 Å². The molecule has 1 saturated heterocycles.